The molecule has 0 aromatic heterocycles. The van der Waals surface area contributed by atoms with Crippen molar-refractivity contribution in [2.24, 2.45) is 0 Å². The molecule has 0 spiro atoms. The van der Waals surface area contributed by atoms with E-state index in [1.165, 1.54) is 0 Å². The van der Waals surface area contributed by atoms with Crippen molar-refractivity contribution in [2.75, 3.05) is 46.0 Å². The predicted octanol–water partition coefficient (Wildman–Crippen LogP) is 6.87. The van der Waals surface area contributed by atoms with Crippen LogP contribution in [-0.4, -0.2) is 89.8 Å². The van der Waals surface area contributed by atoms with Gasteiger partial charge in [-0.2, -0.15) is 13.2 Å². The van der Waals surface area contributed by atoms with Gasteiger partial charge < -0.3 is 29.2 Å². The number of ether oxygens (including phenoxy) is 4. The number of benzene rings is 3. The van der Waals surface area contributed by atoms with Crippen LogP contribution in [0.1, 0.15) is 48.8 Å². The molecule has 3 aliphatic rings. The molecule has 3 aromatic rings. The largest absolute Gasteiger partial charge is 0.492 e. The Morgan fingerprint density at radius 3 is 2.58 bits per heavy atom. The second-order valence-electron chi connectivity index (χ2n) is 13.2. The molecule has 2 atom stereocenters. The van der Waals surface area contributed by atoms with Gasteiger partial charge in [0.05, 0.1) is 5.02 Å². The maximum Gasteiger partial charge on any atom is 0.418 e. The molecule has 270 valence electrons. The van der Waals surface area contributed by atoms with Gasteiger partial charge in [0.1, 0.15) is 44.0 Å². The molecule has 9 nitrogen and oxygen atoms in total. The van der Waals surface area contributed by atoms with Gasteiger partial charge in [-0.15, -0.1) is 0 Å². The Morgan fingerprint density at radius 2 is 1.80 bits per heavy atom. The Labute approximate surface area is 294 Å². The summed E-state index contributed by atoms with van der Waals surface area (Å²) in [6.45, 7) is 4.15. The van der Waals surface area contributed by atoms with Crippen LogP contribution in [0, 0.1) is 6.92 Å². The van der Waals surface area contributed by atoms with E-state index in [0.717, 1.165) is 35.1 Å². The van der Waals surface area contributed by atoms with Crippen molar-refractivity contribution in [3.05, 3.63) is 70.2 Å². The van der Waals surface area contributed by atoms with E-state index in [2.05, 4.69) is 0 Å². The van der Waals surface area contributed by atoms with E-state index in [9.17, 15) is 28.2 Å². The highest BCUT2D eigenvalue weighted by molar-refractivity contribution is 6.32. The van der Waals surface area contributed by atoms with Crippen LogP contribution in [0.2, 0.25) is 5.02 Å². The van der Waals surface area contributed by atoms with E-state index in [4.69, 9.17) is 30.5 Å². The van der Waals surface area contributed by atoms with Gasteiger partial charge in [-0.25, -0.2) is 0 Å². The third kappa shape index (κ3) is 8.09. The molecule has 13 heteroatoms. The molecule has 50 heavy (non-hydrogen) atoms. The van der Waals surface area contributed by atoms with Gasteiger partial charge in [-0.3, -0.25) is 14.6 Å². The second kappa shape index (κ2) is 15.3. The fraction of sp³-hybridized carbons (Fsp3) is 0.486. The Bertz CT molecular complexity index is 1690. The lowest BCUT2D eigenvalue weighted by Crippen LogP contribution is -2.57. The summed E-state index contributed by atoms with van der Waals surface area (Å²) in [5, 5.41) is 20.4. The number of aliphatic carboxylic acids is 1. The number of alkyl halides is 3. The number of hydrogen-bond donors (Lipinski definition) is 2. The number of carboxylic acids is 1. The van der Waals surface area contributed by atoms with Gasteiger partial charge in [0.15, 0.2) is 17.1 Å². The number of carbonyl (C=O) groups is 1. The van der Waals surface area contributed by atoms with E-state index in [1.54, 1.807) is 17.0 Å². The first-order valence-corrected chi connectivity index (χ1v) is 17.3. The zero-order chi connectivity index (χ0) is 35.5. The fourth-order valence-electron chi connectivity index (χ4n) is 6.97. The SMILES string of the molecule is Cc1c(COc2cc(OCCN3CCCC(O)(C(F)(F)F)C3)c(CN3CCCCC3C(=O)O)cc2Cl)cccc1-c1ccc2c(c1)OCCO2. The Hall–Kier alpha value is -3.71. The standard InChI is InChI=1S/C37H42ClF3N2O7/c1-24-26(6-4-7-28(24)25-9-10-31-34(19-25)49-17-16-48-31)22-50-33-20-32(47-15-14-42-12-5-11-36(46,23-42)37(39,40)41)27(18-29(33)38)21-43-13-3-2-8-30(43)35(44)45/h4,6-7,9-10,18-20,30,46H,2-3,5,8,11-17,21-23H2,1H3,(H,44,45). The number of fused-ring (bicyclic) bond motifs is 1. The van der Waals surface area contributed by atoms with Crippen LogP contribution in [0.5, 0.6) is 23.0 Å². The molecule has 2 N–H and O–H groups in total. The first-order valence-electron chi connectivity index (χ1n) is 17.0. The van der Waals surface area contributed by atoms with E-state index in [0.29, 0.717) is 66.3 Å². The molecule has 0 bridgehead atoms. The molecule has 0 aliphatic carbocycles. The third-order valence-corrected chi connectivity index (χ3v) is 10.1. The maximum atomic E-state index is 13.5. The number of nitrogens with zero attached hydrogens (tertiary/aromatic N) is 2. The number of piperidine rings is 2. The maximum absolute atomic E-state index is 13.5. The van der Waals surface area contributed by atoms with E-state index in [-0.39, 0.29) is 39.1 Å². The molecule has 3 heterocycles. The van der Waals surface area contributed by atoms with Crippen molar-refractivity contribution in [3.63, 3.8) is 0 Å². The molecular formula is C37H42ClF3N2O7. The molecule has 3 aliphatic heterocycles. The van der Waals surface area contributed by atoms with Crippen LogP contribution in [-0.2, 0) is 17.9 Å². The summed E-state index contributed by atoms with van der Waals surface area (Å²) >= 11 is 6.76. The van der Waals surface area contributed by atoms with Crippen LogP contribution in [0.25, 0.3) is 11.1 Å². The Balaban J connectivity index is 1.20. The lowest BCUT2D eigenvalue weighted by molar-refractivity contribution is -0.274. The summed E-state index contributed by atoms with van der Waals surface area (Å²) in [4.78, 5) is 15.4. The minimum atomic E-state index is -4.72. The fourth-order valence-corrected chi connectivity index (χ4v) is 7.21. The monoisotopic (exact) mass is 718 g/mol. The molecule has 2 fully saturated rings. The van der Waals surface area contributed by atoms with Crippen LogP contribution in [0.15, 0.2) is 48.5 Å². The van der Waals surface area contributed by atoms with Crippen LogP contribution < -0.4 is 18.9 Å². The lowest BCUT2D eigenvalue weighted by atomic mass is 9.92. The predicted molar refractivity (Wildman–Crippen MR) is 181 cm³/mol. The first-order chi connectivity index (χ1) is 23.9. The van der Waals surface area contributed by atoms with Crippen molar-refractivity contribution < 1.29 is 47.1 Å². The van der Waals surface area contributed by atoms with Crippen molar-refractivity contribution in [2.45, 2.75) is 70.0 Å². The van der Waals surface area contributed by atoms with E-state index in [1.807, 2.05) is 48.2 Å². The van der Waals surface area contributed by atoms with Crippen molar-refractivity contribution in [3.8, 4) is 34.1 Å². The number of β-amino-alcohol motifs (C(OH)–C–C–N with tert-alkyl or cyclic N) is 1. The van der Waals surface area contributed by atoms with Gasteiger partial charge in [0.25, 0.3) is 0 Å². The zero-order valence-corrected chi connectivity index (χ0v) is 28.7. The summed E-state index contributed by atoms with van der Waals surface area (Å²) in [7, 11) is 0. The summed E-state index contributed by atoms with van der Waals surface area (Å²) in [5.74, 6) is 1.28. The lowest BCUT2D eigenvalue weighted by Gasteiger charge is -2.40. The molecule has 0 saturated carbocycles. The average Bonchev–Trinajstić information content (AvgIpc) is 3.08. The van der Waals surface area contributed by atoms with E-state index < -0.39 is 30.3 Å². The summed E-state index contributed by atoms with van der Waals surface area (Å²) in [6, 6.07) is 14.5. The molecule has 0 amide bonds. The first kappa shape index (κ1) is 36.1. The number of likely N-dealkylation sites (tertiary alicyclic amines) is 2. The van der Waals surface area contributed by atoms with E-state index >= 15 is 0 Å². The normalized spacial score (nSPS) is 21.5. The highest BCUT2D eigenvalue weighted by Crippen LogP contribution is 2.39. The number of carboxylic acid groups (broad SMARTS) is 1. The Kier molecular flexibility index (Phi) is 11.0. The van der Waals surface area contributed by atoms with Crippen molar-refractivity contribution in [1.29, 1.82) is 0 Å². The molecule has 2 unspecified atom stereocenters. The minimum absolute atomic E-state index is 0.0427. The quantitative estimate of drug-likeness (QED) is 0.220. The molecule has 6 rings (SSSR count). The van der Waals surface area contributed by atoms with Gasteiger partial charge in [0, 0.05) is 31.3 Å². The zero-order valence-electron chi connectivity index (χ0n) is 27.9. The van der Waals surface area contributed by atoms with Gasteiger partial charge in [-0.1, -0.05) is 42.3 Å². The molecule has 0 radical (unpaired) electrons. The highest BCUT2D eigenvalue weighted by atomic mass is 35.5. The Morgan fingerprint density at radius 1 is 1.00 bits per heavy atom. The number of aliphatic hydroxyl groups is 1. The summed E-state index contributed by atoms with van der Waals surface area (Å²) < 4.78 is 64.5. The molecule has 3 aromatic carbocycles. The van der Waals surface area contributed by atoms with Gasteiger partial charge in [-0.05, 0) is 86.1 Å². The number of halogens is 4. The van der Waals surface area contributed by atoms with Gasteiger partial charge in [0.2, 0.25) is 0 Å². The van der Waals surface area contributed by atoms with Gasteiger partial charge >= 0.3 is 12.1 Å². The van der Waals surface area contributed by atoms with Crippen LogP contribution >= 0.6 is 11.6 Å². The van der Waals surface area contributed by atoms with Crippen molar-refractivity contribution >= 4 is 17.6 Å². The summed E-state index contributed by atoms with van der Waals surface area (Å²) in [5.41, 5.74) is 1.83. The average molecular weight is 719 g/mol. The minimum Gasteiger partial charge on any atom is -0.492 e. The molecular weight excluding hydrogens is 677 g/mol. The van der Waals surface area contributed by atoms with Crippen LogP contribution in [0.4, 0.5) is 13.2 Å². The topological polar surface area (TPSA) is 101 Å². The third-order valence-electron chi connectivity index (χ3n) is 9.81. The van der Waals surface area contributed by atoms with Crippen LogP contribution in [0.3, 0.4) is 0 Å². The second-order valence-corrected chi connectivity index (χ2v) is 13.6. The highest BCUT2D eigenvalue weighted by Gasteiger charge is 2.55. The molecule has 2 saturated heterocycles. The van der Waals surface area contributed by atoms with Crippen molar-refractivity contribution in [1.82, 2.24) is 9.80 Å². The number of hydrogen-bond acceptors (Lipinski definition) is 8. The summed E-state index contributed by atoms with van der Waals surface area (Å²) in [6.07, 6.45) is -2.64. The smallest absolute Gasteiger partial charge is 0.418 e. The number of rotatable bonds is 11.